The highest BCUT2D eigenvalue weighted by Gasteiger charge is 2.31. The van der Waals surface area contributed by atoms with Crippen LogP contribution in [-0.4, -0.2) is 22.8 Å². The van der Waals surface area contributed by atoms with Gasteiger partial charge in [0.15, 0.2) is 5.82 Å². The van der Waals surface area contributed by atoms with Gasteiger partial charge < -0.3 is 4.90 Å². The van der Waals surface area contributed by atoms with Gasteiger partial charge in [0.05, 0.1) is 5.69 Å². The van der Waals surface area contributed by atoms with Crippen molar-refractivity contribution < 1.29 is 0 Å². The minimum absolute atomic E-state index is 0.497. The summed E-state index contributed by atoms with van der Waals surface area (Å²) >= 11 is 0. The Hall–Kier alpha value is -1.89. The molecule has 4 nitrogen and oxygen atoms in total. The quantitative estimate of drug-likeness (QED) is 0.734. The highest BCUT2D eigenvalue weighted by molar-refractivity contribution is 5.59. The topological polar surface area (TPSA) is 52.8 Å². The van der Waals surface area contributed by atoms with Crippen molar-refractivity contribution in [1.82, 2.24) is 10.2 Å². The lowest BCUT2D eigenvalue weighted by atomic mass is 10.0. The zero-order chi connectivity index (χ0) is 13.8. The SMILES string of the molecule is C=CCN(c1nnc(CC)c(CC)c1C#N)C1CC1. The highest BCUT2D eigenvalue weighted by Crippen LogP contribution is 2.33. The Balaban J connectivity index is 2.50. The molecule has 1 saturated carbocycles. The maximum atomic E-state index is 9.50. The average Bonchev–Trinajstić information content (AvgIpc) is 3.27. The Labute approximate surface area is 114 Å². The van der Waals surface area contributed by atoms with Crippen LogP contribution in [0.4, 0.5) is 5.82 Å². The van der Waals surface area contributed by atoms with E-state index in [1.807, 2.05) is 13.0 Å². The van der Waals surface area contributed by atoms with Crippen molar-refractivity contribution in [2.24, 2.45) is 0 Å². The molecule has 0 bridgehead atoms. The Morgan fingerprint density at radius 2 is 2.11 bits per heavy atom. The summed E-state index contributed by atoms with van der Waals surface area (Å²) in [4.78, 5) is 2.16. The zero-order valence-corrected chi connectivity index (χ0v) is 11.7. The third-order valence-electron chi connectivity index (χ3n) is 3.52. The molecule has 0 spiro atoms. The largest absolute Gasteiger partial charge is 0.347 e. The van der Waals surface area contributed by atoms with Gasteiger partial charge in [0.1, 0.15) is 11.6 Å². The summed E-state index contributed by atoms with van der Waals surface area (Å²) in [5.74, 6) is 0.735. The number of hydrogen-bond donors (Lipinski definition) is 0. The summed E-state index contributed by atoms with van der Waals surface area (Å²) in [6.45, 7) is 8.63. The molecule has 0 atom stereocenters. The van der Waals surface area contributed by atoms with Crippen LogP contribution in [0.1, 0.15) is 43.5 Å². The molecule has 0 radical (unpaired) electrons. The van der Waals surface area contributed by atoms with Gasteiger partial charge in [-0.3, -0.25) is 0 Å². The Bertz CT molecular complexity index is 512. The molecule has 1 aliphatic carbocycles. The van der Waals surface area contributed by atoms with E-state index >= 15 is 0 Å². The van der Waals surface area contributed by atoms with Crippen molar-refractivity contribution >= 4 is 5.82 Å². The smallest absolute Gasteiger partial charge is 0.170 e. The Morgan fingerprint density at radius 1 is 1.37 bits per heavy atom. The molecule has 19 heavy (non-hydrogen) atoms. The number of rotatable bonds is 6. The first kappa shape index (κ1) is 13.5. The van der Waals surface area contributed by atoms with Gasteiger partial charge in [0.25, 0.3) is 0 Å². The van der Waals surface area contributed by atoms with Gasteiger partial charge in [-0.2, -0.15) is 10.4 Å². The monoisotopic (exact) mass is 256 g/mol. The van der Waals surface area contributed by atoms with Crippen LogP contribution in [0.15, 0.2) is 12.7 Å². The van der Waals surface area contributed by atoms with E-state index in [1.54, 1.807) is 0 Å². The molecule has 1 aromatic rings. The molecule has 1 aromatic heterocycles. The van der Waals surface area contributed by atoms with Crippen LogP contribution in [0, 0.1) is 11.3 Å². The number of hydrogen-bond acceptors (Lipinski definition) is 4. The van der Waals surface area contributed by atoms with Gasteiger partial charge in [-0.15, -0.1) is 11.7 Å². The van der Waals surface area contributed by atoms with E-state index < -0.39 is 0 Å². The fourth-order valence-corrected chi connectivity index (χ4v) is 2.41. The molecule has 0 saturated heterocycles. The average molecular weight is 256 g/mol. The number of anilines is 1. The first-order valence-corrected chi connectivity index (χ1v) is 6.92. The summed E-state index contributed by atoms with van der Waals surface area (Å²) in [6.07, 6.45) is 5.83. The zero-order valence-electron chi connectivity index (χ0n) is 11.7. The third-order valence-corrected chi connectivity index (χ3v) is 3.52. The molecule has 1 heterocycles. The van der Waals surface area contributed by atoms with Crippen molar-refractivity contribution in [2.45, 2.75) is 45.6 Å². The summed E-state index contributed by atoms with van der Waals surface area (Å²) in [7, 11) is 0. The first-order chi connectivity index (χ1) is 9.26. The fourth-order valence-electron chi connectivity index (χ4n) is 2.41. The van der Waals surface area contributed by atoms with Crippen LogP contribution in [0.5, 0.6) is 0 Å². The lowest BCUT2D eigenvalue weighted by Crippen LogP contribution is -2.28. The Kier molecular flexibility index (Phi) is 4.16. The minimum Gasteiger partial charge on any atom is -0.347 e. The predicted octanol–water partition coefficient (Wildman–Crippen LogP) is 2.63. The molecule has 0 unspecified atom stereocenters. The molecule has 0 aliphatic heterocycles. The van der Waals surface area contributed by atoms with Crippen LogP contribution in [0.2, 0.25) is 0 Å². The predicted molar refractivity (Wildman–Crippen MR) is 76.1 cm³/mol. The van der Waals surface area contributed by atoms with Gasteiger partial charge >= 0.3 is 0 Å². The van der Waals surface area contributed by atoms with Gasteiger partial charge in [0.2, 0.25) is 0 Å². The van der Waals surface area contributed by atoms with Gasteiger partial charge in [-0.1, -0.05) is 19.9 Å². The van der Waals surface area contributed by atoms with Crippen molar-refractivity contribution in [3.8, 4) is 6.07 Å². The number of nitriles is 1. The van der Waals surface area contributed by atoms with E-state index in [9.17, 15) is 5.26 Å². The second-order valence-corrected chi connectivity index (χ2v) is 4.81. The fraction of sp³-hybridized carbons (Fsp3) is 0.533. The Morgan fingerprint density at radius 3 is 2.58 bits per heavy atom. The van der Waals surface area contributed by atoms with E-state index in [2.05, 4.69) is 34.7 Å². The molecular formula is C15H20N4. The third kappa shape index (κ3) is 2.60. The van der Waals surface area contributed by atoms with Crippen molar-refractivity contribution in [3.63, 3.8) is 0 Å². The van der Waals surface area contributed by atoms with Crippen LogP contribution >= 0.6 is 0 Å². The standard InChI is InChI=1S/C15H20N4/c1-4-9-19(11-7-8-11)15-13(10-16)12(5-2)14(6-3)17-18-15/h4,11H,1,5-9H2,2-3H3. The maximum absolute atomic E-state index is 9.50. The van der Waals surface area contributed by atoms with Crippen LogP contribution in [0.25, 0.3) is 0 Å². The molecule has 1 aliphatic rings. The summed E-state index contributed by atoms with van der Waals surface area (Å²) in [5, 5.41) is 18.1. The minimum atomic E-state index is 0.497. The van der Waals surface area contributed by atoms with Gasteiger partial charge in [0, 0.05) is 12.6 Å². The lowest BCUT2D eigenvalue weighted by molar-refractivity contribution is 0.790. The summed E-state index contributed by atoms with van der Waals surface area (Å²) in [5.41, 5.74) is 2.69. The molecule has 0 amide bonds. The van der Waals surface area contributed by atoms with E-state index in [4.69, 9.17) is 0 Å². The summed E-state index contributed by atoms with van der Waals surface area (Å²) < 4.78 is 0. The second kappa shape index (κ2) is 5.83. The van der Waals surface area contributed by atoms with Crippen LogP contribution in [0.3, 0.4) is 0 Å². The van der Waals surface area contributed by atoms with Crippen molar-refractivity contribution in [2.75, 3.05) is 11.4 Å². The second-order valence-electron chi connectivity index (χ2n) is 4.81. The van der Waals surface area contributed by atoms with Gasteiger partial charge in [-0.25, -0.2) is 0 Å². The highest BCUT2D eigenvalue weighted by atomic mass is 15.3. The normalized spacial score (nSPS) is 13.9. The first-order valence-electron chi connectivity index (χ1n) is 6.92. The van der Waals surface area contributed by atoms with E-state index in [0.717, 1.165) is 49.3 Å². The molecular weight excluding hydrogens is 236 g/mol. The molecule has 0 N–H and O–H groups in total. The van der Waals surface area contributed by atoms with Crippen molar-refractivity contribution in [1.29, 1.82) is 5.26 Å². The summed E-state index contributed by atoms with van der Waals surface area (Å²) in [6, 6.07) is 2.83. The molecule has 1 fully saturated rings. The molecule has 2 rings (SSSR count). The van der Waals surface area contributed by atoms with Crippen LogP contribution < -0.4 is 4.90 Å². The molecule has 0 aromatic carbocycles. The number of nitrogens with zero attached hydrogens (tertiary/aromatic N) is 4. The molecule has 4 heteroatoms. The van der Waals surface area contributed by atoms with E-state index in [0.29, 0.717) is 11.6 Å². The van der Waals surface area contributed by atoms with Crippen molar-refractivity contribution in [3.05, 3.63) is 29.5 Å². The van der Waals surface area contributed by atoms with E-state index in [1.165, 1.54) is 0 Å². The lowest BCUT2D eigenvalue weighted by Gasteiger charge is -2.23. The van der Waals surface area contributed by atoms with E-state index in [-0.39, 0.29) is 0 Å². The molecule has 100 valence electrons. The number of aromatic nitrogens is 2. The van der Waals surface area contributed by atoms with Gasteiger partial charge in [-0.05, 0) is 31.2 Å². The number of aryl methyl sites for hydroxylation is 1. The maximum Gasteiger partial charge on any atom is 0.170 e. The van der Waals surface area contributed by atoms with Crippen LogP contribution in [-0.2, 0) is 12.8 Å².